The molecular weight excluding hydrogens is 190 g/mol. The molecule has 2 heteroatoms. The maximum absolute atomic E-state index is 3.62. The van der Waals surface area contributed by atoms with E-state index in [-0.39, 0.29) is 0 Å². The van der Waals surface area contributed by atoms with E-state index in [4.69, 9.17) is 0 Å². The maximum atomic E-state index is 3.62. The van der Waals surface area contributed by atoms with E-state index < -0.39 is 0 Å². The first-order chi connectivity index (χ1) is 6.49. The average molecular weight is 217 g/mol. The summed E-state index contributed by atoms with van der Waals surface area (Å²) in [6.45, 7) is 12.5. The van der Waals surface area contributed by atoms with Gasteiger partial charge in [0.05, 0.1) is 0 Å². The van der Waals surface area contributed by atoms with Crippen LogP contribution in [0.15, 0.2) is 0 Å². The normalized spacial score (nSPS) is 14.4. The first-order valence-electron chi connectivity index (χ1n) is 5.87. The van der Waals surface area contributed by atoms with Crippen molar-refractivity contribution in [1.29, 1.82) is 0 Å². The first-order valence-corrected chi connectivity index (χ1v) is 6.85. The van der Waals surface area contributed by atoms with Crippen LogP contribution in [0.5, 0.6) is 0 Å². The van der Waals surface area contributed by atoms with Gasteiger partial charge >= 0.3 is 0 Å². The molecule has 0 aromatic rings. The lowest BCUT2D eigenvalue weighted by atomic mass is 10.2. The van der Waals surface area contributed by atoms with Crippen LogP contribution in [0.4, 0.5) is 0 Å². The van der Waals surface area contributed by atoms with Crippen LogP contribution in [0.1, 0.15) is 53.9 Å². The van der Waals surface area contributed by atoms with Gasteiger partial charge < -0.3 is 5.32 Å². The van der Waals surface area contributed by atoms with E-state index in [1.165, 1.54) is 25.0 Å². The standard InChI is InChI=1S/C12H27NS/c1-6-8-11(13-9-7-2)10-14-12(3,4)5/h11,13H,6-10H2,1-5H3. The molecule has 1 unspecified atom stereocenters. The van der Waals surface area contributed by atoms with Crippen molar-refractivity contribution < 1.29 is 0 Å². The van der Waals surface area contributed by atoms with Gasteiger partial charge in [-0.3, -0.25) is 0 Å². The van der Waals surface area contributed by atoms with E-state index in [0.717, 1.165) is 6.54 Å². The Bertz CT molecular complexity index is 129. The summed E-state index contributed by atoms with van der Waals surface area (Å²) in [6.07, 6.45) is 3.83. The lowest BCUT2D eigenvalue weighted by Gasteiger charge is -2.23. The summed E-state index contributed by atoms with van der Waals surface area (Å²) in [5.74, 6) is 1.25. The maximum Gasteiger partial charge on any atom is 0.0158 e. The van der Waals surface area contributed by atoms with Crippen LogP contribution in [0.2, 0.25) is 0 Å². The Morgan fingerprint density at radius 2 is 1.79 bits per heavy atom. The Balaban J connectivity index is 3.72. The molecule has 86 valence electrons. The summed E-state index contributed by atoms with van der Waals surface area (Å²) < 4.78 is 0.403. The fourth-order valence-corrected chi connectivity index (χ4v) is 2.28. The fraction of sp³-hybridized carbons (Fsp3) is 1.00. The van der Waals surface area contributed by atoms with Gasteiger partial charge in [-0.15, -0.1) is 0 Å². The van der Waals surface area contributed by atoms with Gasteiger partial charge in [-0.05, 0) is 19.4 Å². The monoisotopic (exact) mass is 217 g/mol. The molecule has 0 fully saturated rings. The molecule has 0 aliphatic carbocycles. The minimum absolute atomic E-state index is 0.403. The van der Waals surface area contributed by atoms with Gasteiger partial charge in [0, 0.05) is 16.5 Å². The van der Waals surface area contributed by atoms with Crippen LogP contribution in [-0.2, 0) is 0 Å². The van der Waals surface area contributed by atoms with E-state index in [0.29, 0.717) is 10.8 Å². The van der Waals surface area contributed by atoms with E-state index in [1.807, 2.05) is 0 Å². The predicted octanol–water partition coefficient (Wildman–Crippen LogP) is 3.69. The molecule has 1 N–H and O–H groups in total. The molecule has 0 heterocycles. The SMILES string of the molecule is CCCNC(CCC)CSC(C)(C)C. The van der Waals surface area contributed by atoms with Crippen molar-refractivity contribution >= 4 is 11.8 Å². The van der Waals surface area contributed by atoms with Gasteiger partial charge in [-0.2, -0.15) is 11.8 Å². The summed E-state index contributed by atoms with van der Waals surface area (Å²) in [4.78, 5) is 0. The molecule has 0 saturated heterocycles. The molecule has 0 bridgehead atoms. The minimum atomic E-state index is 0.403. The zero-order chi connectivity index (χ0) is 11.0. The van der Waals surface area contributed by atoms with Crippen molar-refractivity contribution in [3.63, 3.8) is 0 Å². The summed E-state index contributed by atoms with van der Waals surface area (Å²) in [5.41, 5.74) is 0. The van der Waals surface area contributed by atoms with Crippen molar-refractivity contribution in [2.24, 2.45) is 0 Å². The van der Waals surface area contributed by atoms with Gasteiger partial charge in [0.25, 0.3) is 0 Å². The Kier molecular flexibility index (Phi) is 7.75. The Hall–Kier alpha value is 0.310. The molecule has 0 rings (SSSR count). The van der Waals surface area contributed by atoms with Gasteiger partial charge in [-0.25, -0.2) is 0 Å². The van der Waals surface area contributed by atoms with Crippen LogP contribution in [-0.4, -0.2) is 23.1 Å². The highest BCUT2D eigenvalue weighted by atomic mass is 32.2. The lowest BCUT2D eigenvalue weighted by Crippen LogP contribution is -2.33. The van der Waals surface area contributed by atoms with Crippen molar-refractivity contribution in [3.8, 4) is 0 Å². The van der Waals surface area contributed by atoms with Crippen molar-refractivity contribution in [3.05, 3.63) is 0 Å². The molecule has 0 spiro atoms. The van der Waals surface area contributed by atoms with Gasteiger partial charge in [-0.1, -0.05) is 41.0 Å². The van der Waals surface area contributed by atoms with E-state index in [2.05, 4.69) is 51.7 Å². The second-order valence-corrected chi connectivity index (χ2v) is 6.71. The third-order valence-corrected chi connectivity index (χ3v) is 3.47. The quantitative estimate of drug-likeness (QED) is 0.698. The van der Waals surface area contributed by atoms with E-state index in [1.54, 1.807) is 0 Å². The Morgan fingerprint density at radius 3 is 2.21 bits per heavy atom. The van der Waals surface area contributed by atoms with Crippen molar-refractivity contribution in [2.45, 2.75) is 64.7 Å². The Labute approximate surface area is 94.4 Å². The van der Waals surface area contributed by atoms with Crippen molar-refractivity contribution in [1.82, 2.24) is 5.32 Å². The van der Waals surface area contributed by atoms with E-state index >= 15 is 0 Å². The summed E-state index contributed by atoms with van der Waals surface area (Å²) in [7, 11) is 0. The molecular formula is C12H27NS. The average Bonchev–Trinajstić information content (AvgIpc) is 2.08. The fourth-order valence-electron chi connectivity index (χ4n) is 1.29. The number of thioether (sulfide) groups is 1. The molecule has 1 nitrogen and oxygen atoms in total. The molecule has 14 heavy (non-hydrogen) atoms. The second kappa shape index (κ2) is 7.58. The molecule has 0 aromatic heterocycles. The van der Waals surface area contributed by atoms with Crippen LogP contribution in [0, 0.1) is 0 Å². The third-order valence-electron chi connectivity index (χ3n) is 2.04. The Morgan fingerprint density at radius 1 is 1.14 bits per heavy atom. The molecule has 0 aromatic carbocycles. The smallest absolute Gasteiger partial charge is 0.0158 e. The van der Waals surface area contributed by atoms with Gasteiger partial charge in [0.1, 0.15) is 0 Å². The topological polar surface area (TPSA) is 12.0 Å². The van der Waals surface area contributed by atoms with Gasteiger partial charge in [0.2, 0.25) is 0 Å². The van der Waals surface area contributed by atoms with Crippen LogP contribution in [0.25, 0.3) is 0 Å². The molecule has 1 atom stereocenters. The molecule has 0 aliphatic rings. The minimum Gasteiger partial charge on any atom is -0.313 e. The number of nitrogens with one attached hydrogen (secondary N) is 1. The number of hydrogen-bond donors (Lipinski definition) is 1. The van der Waals surface area contributed by atoms with E-state index in [9.17, 15) is 0 Å². The zero-order valence-electron chi connectivity index (χ0n) is 10.5. The van der Waals surface area contributed by atoms with Crippen LogP contribution in [0.3, 0.4) is 0 Å². The predicted molar refractivity (Wildman–Crippen MR) is 69.2 cm³/mol. The first kappa shape index (κ1) is 14.3. The van der Waals surface area contributed by atoms with Crippen LogP contribution >= 0.6 is 11.8 Å². The van der Waals surface area contributed by atoms with Crippen molar-refractivity contribution in [2.75, 3.05) is 12.3 Å². The number of hydrogen-bond acceptors (Lipinski definition) is 2. The lowest BCUT2D eigenvalue weighted by molar-refractivity contribution is 0.513. The number of rotatable bonds is 7. The molecule has 0 radical (unpaired) electrons. The highest BCUT2D eigenvalue weighted by Crippen LogP contribution is 2.24. The molecule has 0 saturated carbocycles. The highest BCUT2D eigenvalue weighted by Gasteiger charge is 2.14. The molecule has 0 aliphatic heterocycles. The zero-order valence-corrected chi connectivity index (χ0v) is 11.3. The summed E-state index contributed by atoms with van der Waals surface area (Å²) in [5, 5.41) is 3.62. The third kappa shape index (κ3) is 8.89. The highest BCUT2D eigenvalue weighted by molar-refractivity contribution is 8.00. The van der Waals surface area contributed by atoms with Gasteiger partial charge in [0.15, 0.2) is 0 Å². The summed E-state index contributed by atoms with van der Waals surface area (Å²) >= 11 is 2.07. The largest absolute Gasteiger partial charge is 0.313 e. The van der Waals surface area contributed by atoms with Crippen LogP contribution < -0.4 is 5.32 Å². The molecule has 0 amide bonds. The summed E-state index contributed by atoms with van der Waals surface area (Å²) in [6, 6.07) is 0.712. The second-order valence-electron chi connectivity index (χ2n) is 4.86.